The highest BCUT2D eigenvalue weighted by Gasteiger charge is 2.34. The molecule has 214 valence electrons. The van der Waals surface area contributed by atoms with Crippen molar-refractivity contribution in [1.82, 2.24) is 10.2 Å². The van der Waals surface area contributed by atoms with Gasteiger partial charge in [-0.3, -0.25) is 13.9 Å². The number of halogens is 1. The molecule has 0 spiro atoms. The number of aryl methyl sites for hydroxylation is 1. The van der Waals surface area contributed by atoms with Gasteiger partial charge in [0.15, 0.2) is 0 Å². The zero-order valence-corrected chi connectivity index (χ0v) is 25.3. The zero-order valence-electron chi connectivity index (χ0n) is 23.7. The summed E-state index contributed by atoms with van der Waals surface area (Å²) in [5.74, 6) is -0.746. The fourth-order valence-electron chi connectivity index (χ4n) is 4.32. The Morgan fingerprint density at radius 2 is 1.52 bits per heavy atom. The number of hydrogen-bond acceptors (Lipinski definition) is 4. The third-order valence-electron chi connectivity index (χ3n) is 6.37. The SMILES string of the molecule is CC[C@@H](C(=O)NC(C)(C)C)N(CCc1ccccc1)C(=O)CN(c1ccc(C)cc1)S(=O)(=O)c1ccc(Cl)cc1. The van der Waals surface area contributed by atoms with Crippen LogP contribution in [0, 0.1) is 6.92 Å². The fraction of sp³-hybridized carbons (Fsp3) is 0.355. The Hall–Kier alpha value is -3.36. The van der Waals surface area contributed by atoms with Gasteiger partial charge in [0.05, 0.1) is 10.6 Å². The van der Waals surface area contributed by atoms with E-state index in [9.17, 15) is 18.0 Å². The van der Waals surface area contributed by atoms with E-state index in [1.165, 1.54) is 29.2 Å². The number of rotatable bonds is 11. The quantitative estimate of drug-likeness (QED) is 0.318. The van der Waals surface area contributed by atoms with Crippen LogP contribution in [0.2, 0.25) is 5.02 Å². The lowest BCUT2D eigenvalue weighted by atomic mass is 10.1. The van der Waals surface area contributed by atoms with Gasteiger partial charge in [0.25, 0.3) is 10.0 Å². The number of carbonyl (C=O) groups is 2. The third kappa shape index (κ3) is 8.32. The molecular formula is C31H38ClN3O4S. The highest BCUT2D eigenvalue weighted by atomic mass is 35.5. The van der Waals surface area contributed by atoms with E-state index < -0.39 is 34.1 Å². The molecule has 0 saturated carbocycles. The van der Waals surface area contributed by atoms with Crippen molar-refractivity contribution < 1.29 is 18.0 Å². The van der Waals surface area contributed by atoms with Crippen molar-refractivity contribution in [2.75, 3.05) is 17.4 Å². The van der Waals surface area contributed by atoms with Gasteiger partial charge in [0, 0.05) is 17.1 Å². The molecular weight excluding hydrogens is 546 g/mol. The lowest BCUT2D eigenvalue weighted by Crippen LogP contribution is -2.56. The number of benzene rings is 3. The topological polar surface area (TPSA) is 86.8 Å². The molecule has 1 N–H and O–H groups in total. The van der Waals surface area contributed by atoms with Gasteiger partial charge in [0.1, 0.15) is 12.6 Å². The molecule has 1 atom stereocenters. The first-order chi connectivity index (χ1) is 18.8. The van der Waals surface area contributed by atoms with E-state index in [1.54, 1.807) is 24.3 Å². The zero-order chi connectivity index (χ0) is 29.5. The standard InChI is InChI=1S/C31H38ClN3O4S/c1-6-28(30(37)33-31(3,4)5)34(21-20-24-10-8-7-9-11-24)29(36)22-35(26-16-12-23(2)13-17-26)40(38,39)27-18-14-25(32)15-19-27/h7-19,28H,6,20-22H2,1-5H3,(H,33,37)/t28-/m0/s1. The van der Waals surface area contributed by atoms with Crippen LogP contribution in [0.25, 0.3) is 0 Å². The van der Waals surface area contributed by atoms with Gasteiger partial charge in [-0.15, -0.1) is 0 Å². The molecule has 0 aliphatic heterocycles. The maximum atomic E-state index is 14.0. The van der Waals surface area contributed by atoms with E-state index in [-0.39, 0.29) is 17.3 Å². The average molecular weight is 584 g/mol. The summed E-state index contributed by atoms with van der Waals surface area (Å²) >= 11 is 6.01. The smallest absolute Gasteiger partial charge is 0.264 e. The lowest BCUT2D eigenvalue weighted by Gasteiger charge is -2.34. The Labute approximate surface area is 243 Å². The first-order valence-electron chi connectivity index (χ1n) is 13.3. The van der Waals surface area contributed by atoms with Crippen LogP contribution < -0.4 is 9.62 Å². The summed E-state index contributed by atoms with van der Waals surface area (Å²) < 4.78 is 28.8. The number of sulfonamides is 1. The summed E-state index contributed by atoms with van der Waals surface area (Å²) in [6, 6.07) is 21.7. The molecule has 0 radical (unpaired) electrons. The van der Waals surface area contributed by atoms with Gasteiger partial charge in [-0.05, 0) is 82.5 Å². The Morgan fingerprint density at radius 3 is 2.08 bits per heavy atom. The molecule has 3 aromatic rings. The van der Waals surface area contributed by atoms with Crippen molar-refractivity contribution in [3.8, 4) is 0 Å². The molecule has 0 unspecified atom stereocenters. The van der Waals surface area contributed by atoms with Gasteiger partial charge in [-0.2, -0.15) is 0 Å². The van der Waals surface area contributed by atoms with Crippen molar-refractivity contribution in [3.63, 3.8) is 0 Å². The number of nitrogens with one attached hydrogen (secondary N) is 1. The predicted octanol–water partition coefficient (Wildman–Crippen LogP) is 5.61. The molecule has 40 heavy (non-hydrogen) atoms. The molecule has 0 bridgehead atoms. The maximum absolute atomic E-state index is 14.0. The Balaban J connectivity index is 2.01. The Bertz CT molecular complexity index is 1390. The normalized spacial score (nSPS) is 12.4. The van der Waals surface area contributed by atoms with Crippen LogP contribution in [0.15, 0.2) is 83.8 Å². The van der Waals surface area contributed by atoms with Crippen LogP contribution >= 0.6 is 11.6 Å². The predicted molar refractivity (Wildman–Crippen MR) is 161 cm³/mol. The summed E-state index contributed by atoms with van der Waals surface area (Å²) in [5, 5.41) is 3.38. The van der Waals surface area contributed by atoms with Crippen LogP contribution in [-0.4, -0.2) is 49.8 Å². The first kappa shape index (κ1) is 31.2. The fourth-order valence-corrected chi connectivity index (χ4v) is 5.86. The molecule has 7 nitrogen and oxygen atoms in total. The third-order valence-corrected chi connectivity index (χ3v) is 8.41. The maximum Gasteiger partial charge on any atom is 0.264 e. The van der Waals surface area contributed by atoms with Gasteiger partial charge in [0.2, 0.25) is 11.8 Å². The van der Waals surface area contributed by atoms with Crippen molar-refractivity contribution >= 4 is 39.1 Å². The molecule has 0 fully saturated rings. The van der Waals surface area contributed by atoms with Gasteiger partial charge < -0.3 is 10.2 Å². The van der Waals surface area contributed by atoms with E-state index in [0.29, 0.717) is 23.6 Å². The second kappa shape index (κ2) is 13.3. The minimum Gasteiger partial charge on any atom is -0.350 e. The van der Waals surface area contributed by atoms with Gasteiger partial charge in [-0.25, -0.2) is 8.42 Å². The minimum absolute atomic E-state index is 0.0126. The van der Waals surface area contributed by atoms with Gasteiger partial charge in [-0.1, -0.05) is 66.6 Å². The Kier molecular flexibility index (Phi) is 10.4. The molecule has 2 amide bonds. The van der Waals surface area contributed by atoms with Gasteiger partial charge >= 0.3 is 0 Å². The number of hydrogen-bond donors (Lipinski definition) is 1. The molecule has 0 aliphatic carbocycles. The van der Waals surface area contributed by atoms with E-state index in [1.807, 2.05) is 65.0 Å². The number of anilines is 1. The number of nitrogens with zero attached hydrogens (tertiary/aromatic N) is 2. The molecule has 0 aromatic heterocycles. The summed E-state index contributed by atoms with van der Waals surface area (Å²) in [5.41, 5.74) is 1.82. The monoisotopic (exact) mass is 583 g/mol. The van der Waals surface area contributed by atoms with Crippen LogP contribution in [0.4, 0.5) is 5.69 Å². The van der Waals surface area contributed by atoms with Crippen molar-refractivity contribution in [1.29, 1.82) is 0 Å². The van der Waals surface area contributed by atoms with E-state index in [4.69, 9.17) is 11.6 Å². The summed E-state index contributed by atoms with van der Waals surface area (Å²) in [4.78, 5) is 28.9. The average Bonchev–Trinajstić information content (AvgIpc) is 2.90. The number of amides is 2. The van der Waals surface area contributed by atoms with Crippen molar-refractivity contribution in [2.45, 2.75) is 63.9 Å². The van der Waals surface area contributed by atoms with Crippen LogP contribution in [0.5, 0.6) is 0 Å². The summed E-state index contributed by atoms with van der Waals surface area (Å²) in [6.45, 7) is 9.17. The minimum atomic E-state index is -4.13. The van der Waals surface area contributed by atoms with E-state index in [2.05, 4.69) is 5.32 Å². The van der Waals surface area contributed by atoms with E-state index >= 15 is 0 Å². The molecule has 3 rings (SSSR count). The van der Waals surface area contributed by atoms with Crippen molar-refractivity contribution in [3.05, 3.63) is 95.0 Å². The Morgan fingerprint density at radius 1 is 0.925 bits per heavy atom. The highest BCUT2D eigenvalue weighted by molar-refractivity contribution is 7.92. The molecule has 0 saturated heterocycles. The van der Waals surface area contributed by atoms with Crippen LogP contribution in [-0.2, 0) is 26.0 Å². The summed E-state index contributed by atoms with van der Waals surface area (Å²) in [7, 11) is -4.13. The van der Waals surface area contributed by atoms with Crippen molar-refractivity contribution in [2.24, 2.45) is 0 Å². The molecule has 0 heterocycles. The highest BCUT2D eigenvalue weighted by Crippen LogP contribution is 2.26. The lowest BCUT2D eigenvalue weighted by molar-refractivity contribution is -0.140. The number of carbonyl (C=O) groups excluding carboxylic acids is 2. The van der Waals surface area contributed by atoms with E-state index in [0.717, 1.165) is 15.4 Å². The second-order valence-electron chi connectivity index (χ2n) is 10.8. The molecule has 9 heteroatoms. The summed E-state index contributed by atoms with van der Waals surface area (Å²) in [6.07, 6.45) is 0.886. The molecule has 0 aliphatic rings. The van der Waals surface area contributed by atoms with Crippen LogP contribution in [0.3, 0.4) is 0 Å². The second-order valence-corrected chi connectivity index (χ2v) is 13.1. The van der Waals surface area contributed by atoms with Crippen LogP contribution in [0.1, 0.15) is 45.2 Å². The largest absolute Gasteiger partial charge is 0.350 e. The first-order valence-corrected chi connectivity index (χ1v) is 15.1. The molecule has 3 aromatic carbocycles.